The van der Waals surface area contributed by atoms with Crippen LogP contribution >= 0.6 is 27.5 Å². The van der Waals surface area contributed by atoms with E-state index < -0.39 is 0 Å². The third-order valence-corrected chi connectivity index (χ3v) is 2.47. The minimum atomic E-state index is 0.267. The molecule has 1 aromatic heterocycles. The first-order chi connectivity index (χ1) is 6.75. The van der Waals surface area contributed by atoms with Crippen LogP contribution in [0.5, 0.6) is 0 Å². The van der Waals surface area contributed by atoms with Crippen molar-refractivity contribution in [3.8, 4) is 11.1 Å². The molecule has 2 rings (SSSR count). The van der Waals surface area contributed by atoms with Crippen molar-refractivity contribution < 1.29 is 0 Å². The Kier molecular flexibility index (Phi) is 2.79. The standard InChI is InChI=1S/C10H6BrClN2/c11-9-3-1-2-7(4-9)8-5-13-10(12)14-6-8/h1-6H. The highest BCUT2D eigenvalue weighted by Gasteiger charge is 1.99. The Balaban J connectivity index is 2.44. The van der Waals surface area contributed by atoms with Crippen LogP contribution in [0.2, 0.25) is 5.28 Å². The molecule has 2 nitrogen and oxygen atoms in total. The van der Waals surface area contributed by atoms with E-state index in [0.29, 0.717) is 0 Å². The van der Waals surface area contributed by atoms with Crippen LogP contribution in [-0.2, 0) is 0 Å². The topological polar surface area (TPSA) is 25.8 Å². The zero-order valence-electron chi connectivity index (χ0n) is 7.11. The van der Waals surface area contributed by atoms with Gasteiger partial charge in [0.2, 0.25) is 5.28 Å². The first kappa shape index (κ1) is 9.62. The van der Waals surface area contributed by atoms with E-state index in [0.717, 1.165) is 15.6 Å². The van der Waals surface area contributed by atoms with Crippen molar-refractivity contribution in [3.63, 3.8) is 0 Å². The quantitative estimate of drug-likeness (QED) is 0.740. The van der Waals surface area contributed by atoms with Crippen LogP contribution in [0.3, 0.4) is 0 Å². The Morgan fingerprint density at radius 2 is 1.79 bits per heavy atom. The summed E-state index contributed by atoms with van der Waals surface area (Å²) in [7, 11) is 0. The van der Waals surface area contributed by atoms with Crippen molar-refractivity contribution in [2.45, 2.75) is 0 Å². The lowest BCUT2D eigenvalue weighted by Gasteiger charge is -2.00. The van der Waals surface area contributed by atoms with Crippen molar-refractivity contribution in [2.24, 2.45) is 0 Å². The van der Waals surface area contributed by atoms with Gasteiger partial charge in [0.15, 0.2) is 0 Å². The summed E-state index contributed by atoms with van der Waals surface area (Å²) in [6, 6.07) is 7.94. The van der Waals surface area contributed by atoms with Gasteiger partial charge in [-0.3, -0.25) is 0 Å². The minimum absolute atomic E-state index is 0.267. The Bertz CT molecular complexity index is 442. The van der Waals surface area contributed by atoms with Gasteiger partial charge in [0.1, 0.15) is 0 Å². The molecule has 0 unspecified atom stereocenters. The Morgan fingerprint density at radius 3 is 2.43 bits per heavy atom. The third kappa shape index (κ3) is 2.11. The SMILES string of the molecule is Clc1ncc(-c2cccc(Br)c2)cn1. The van der Waals surface area contributed by atoms with Crippen LogP contribution in [0.15, 0.2) is 41.1 Å². The molecule has 1 aromatic carbocycles. The molecule has 14 heavy (non-hydrogen) atoms. The molecule has 0 aliphatic carbocycles. The molecule has 0 radical (unpaired) electrons. The van der Waals surface area contributed by atoms with E-state index in [9.17, 15) is 0 Å². The summed E-state index contributed by atoms with van der Waals surface area (Å²) in [5, 5.41) is 0.267. The van der Waals surface area contributed by atoms with Gasteiger partial charge >= 0.3 is 0 Å². The minimum Gasteiger partial charge on any atom is -0.226 e. The van der Waals surface area contributed by atoms with E-state index in [2.05, 4.69) is 25.9 Å². The van der Waals surface area contributed by atoms with Gasteiger partial charge in [-0.1, -0.05) is 28.1 Å². The molecule has 0 amide bonds. The van der Waals surface area contributed by atoms with E-state index in [-0.39, 0.29) is 5.28 Å². The number of benzene rings is 1. The predicted molar refractivity (Wildman–Crippen MR) is 60.2 cm³/mol. The number of aromatic nitrogens is 2. The van der Waals surface area contributed by atoms with Gasteiger partial charge in [-0.2, -0.15) is 0 Å². The van der Waals surface area contributed by atoms with Crippen LogP contribution in [-0.4, -0.2) is 9.97 Å². The molecule has 2 aromatic rings. The molecule has 0 saturated carbocycles. The van der Waals surface area contributed by atoms with Crippen LogP contribution in [0, 0.1) is 0 Å². The normalized spacial score (nSPS) is 10.1. The largest absolute Gasteiger partial charge is 0.226 e. The number of hydrogen-bond donors (Lipinski definition) is 0. The second-order valence-corrected chi connectivity index (χ2v) is 4.00. The van der Waals surface area contributed by atoms with Gasteiger partial charge in [0.05, 0.1) is 0 Å². The molecule has 0 aliphatic rings. The Morgan fingerprint density at radius 1 is 1.07 bits per heavy atom. The molecule has 0 saturated heterocycles. The molecule has 1 heterocycles. The number of rotatable bonds is 1. The average molecular weight is 270 g/mol. The fourth-order valence-corrected chi connectivity index (χ4v) is 1.63. The van der Waals surface area contributed by atoms with Gasteiger partial charge in [-0.25, -0.2) is 9.97 Å². The highest BCUT2D eigenvalue weighted by atomic mass is 79.9. The molecular weight excluding hydrogens is 263 g/mol. The maximum Gasteiger partial charge on any atom is 0.222 e. The Hall–Kier alpha value is -0.930. The maximum absolute atomic E-state index is 5.60. The van der Waals surface area contributed by atoms with Crippen molar-refractivity contribution in [2.75, 3.05) is 0 Å². The van der Waals surface area contributed by atoms with Gasteiger partial charge in [-0.05, 0) is 29.3 Å². The highest BCUT2D eigenvalue weighted by Crippen LogP contribution is 2.21. The summed E-state index contributed by atoms with van der Waals surface area (Å²) in [4.78, 5) is 7.85. The van der Waals surface area contributed by atoms with E-state index in [1.165, 1.54) is 0 Å². The summed E-state index contributed by atoms with van der Waals surface area (Å²) in [6.45, 7) is 0. The van der Waals surface area contributed by atoms with Crippen molar-refractivity contribution in [3.05, 3.63) is 46.4 Å². The highest BCUT2D eigenvalue weighted by molar-refractivity contribution is 9.10. The zero-order chi connectivity index (χ0) is 9.97. The number of hydrogen-bond acceptors (Lipinski definition) is 2. The molecule has 0 atom stereocenters. The van der Waals surface area contributed by atoms with Crippen molar-refractivity contribution in [1.82, 2.24) is 9.97 Å². The maximum atomic E-state index is 5.60. The predicted octanol–water partition coefficient (Wildman–Crippen LogP) is 3.56. The first-order valence-electron chi connectivity index (χ1n) is 3.99. The smallest absolute Gasteiger partial charge is 0.222 e. The summed E-state index contributed by atoms with van der Waals surface area (Å²) in [6.07, 6.45) is 3.41. The lowest BCUT2D eigenvalue weighted by molar-refractivity contribution is 1.17. The number of halogens is 2. The lowest BCUT2D eigenvalue weighted by Crippen LogP contribution is -1.83. The zero-order valence-corrected chi connectivity index (χ0v) is 9.46. The van der Waals surface area contributed by atoms with Crippen LogP contribution in [0.1, 0.15) is 0 Å². The molecule has 0 spiro atoms. The fraction of sp³-hybridized carbons (Fsp3) is 0. The van der Waals surface area contributed by atoms with Crippen molar-refractivity contribution >= 4 is 27.5 Å². The average Bonchev–Trinajstić information content (AvgIpc) is 2.19. The molecule has 0 aliphatic heterocycles. The molecule has 0 bridgehead atoms. The summed E-state index contributed by atoms with van der Waals surface area (Å²) in [5.74, 6) is 0. The second kappa shape index (κ2) is 4.07. The van der Waals surface area contributed by atoms with Gasteiger partial charge < -0.3 is 0 Å². The molecular formula is C10H6BrClN2. The van der Waals surface area contributed by atoms with Crippen molar-refractivity contribution in [1.29, 1.82) is 0 Å². The lowest BCUT2D eigenvalue weighted by atomic mass is 10.1. The molecule has 4 heteroatoms. The van der Waals surface area contributed by atoms with E-state index in [1.54, 1.807) is 12.4 Å². The summed E-state index contributed by atoms with van der Waals surface area (Å²) in [5.41, 5.74) is 2.02. The summed E-state index contributed by atoms with van der Waals surface area (Å²) >= 11 is 9.01. The van der Waals surface area contributed by atoms with Gasteiger partial charge in [-0.15, -0.1) is 0 Å². The number of nitrogens with zero attached hydrogens (tertiary/aromatic N) is 2. The third-order valence-electron chi connectivity index (χ3n) is 1.78. The monoisotopic (exact) mass is 268 g/mol. The molecule has 0 N–H and O–H groups in total. The first-order valence-corrected chi connectivity index (χ1v) is 5.16. The second-order valence-electron chi connectivity index (χ2n) is 2.75. The van der Waals surface area contributed by atoms with Crippen LogP contribution < -0.4 is 0 Å². The molecule has 0 fully saturated rings. The van der Waals surface area contributed by atoms with Gasteiger partial charge in [0, 0.05) is 22.4 Å². The molecule has 70 valence electrons. The van der Waals surface area contributed by atoms with E-state index >= 15 is 0 Å². The van der Waals surface area contributed by atoms with Gasteiger partial charge in [0.25, 0.3) is 0 Å². The Labute approximate surface area is 95.1 Å². The summed E-state index contributed by atoms with van der Waals surface area (Å²) < 4.78 is 1.03. The fourth-order valence-electron chi connectivity index (χ4n) is 1.13. The van der Waals surface area contributed by atoms with Crippen LogP contribution in [0.25, 0.3) is 11.1 Å². The van der Waals surface area contributed by atoms with E-state index in [1.807, 2.05) is 24.3 Å². The van der Waals surface area contributed by atoms with Crippen LogP contribution in [0.4, 0.5) is 0 Å². The van der Waals surface area contributed by atoms with E-state index in [4.69, 9.17) is 11.6 Å².